The number of amides is 3. The number of nitrogens with two attached hydrogens (primary N) is 1. The zero-order valence-electron chi connectivity index (χ0n) is 23.1. The van der Waals surface area contributed by atoms with Crippen LogP contribution < -0.4 is 5.73 Å². The quantitative estimate of drug-likeness (QED) is 0.442. The Labute approximate surface area is 238 Å². The van der Waals surface area contributed by atoms with Crippen LogP contribution in [0.3, 0.4) is 0 Å². The molecule has 5 heterocycles. The number of rotatable bonds is 4. The van der Waals surface area contributed by atoms with Crippen molar-refractivity contribution < 1.29 is 27.6 Å². The maximum Gasteiger partial charge on any atom is 0.433 e. The molecule has 3 aromatic heterocycles. The standard InChI is InChI=1S/C29H30F3N5O3S/c1-14-9-20(29(30,31)32)35-22(21(14)25(39)36-12-19(33)28(13-36)6-7-28)17-5-8-34-18-10-16(41-23(17)18)11-37-24(38)15(2)27(3,4)26(37)40/h5,8-10,15,19H,6-7,11-13,33H2,1-4H3. The molecule has 2 unspecified atom stereocenters. The summed E-state index contributed by atoms with van der Waals surface area (Å²) in [6, 6.07) is 4.01. The van der Waals surface area contributed by atoms with E-state index in [1.807, 2.05) is 0 Å². The Morgan fingerprint density at radius 1 is 1.22 bits per heavy atom. The summed E-state index contributed by atoms with van der Waals surface area (Å²) in [5.41, 5.74) is 5.30. The Morgan fingerprint density at radius 3 is 2.51 bits per heavy atom. The highest BCUT2D eigenvalue weighted by Crippen LogP contribution is 2.52. The summed E-state index contributed by atoms with van der Waals surface area (Å²) in [5, 5.41) is 0. The molecule has 0 bridgehead atoms. The minimum Gasteiger partial charge on any atom is -0.336 e. The highest BCUT2D eigenvalue weighted by molar-refractivity contribution is 7.19. The average molecular weight is 586 g/mol. The number of hydrogen-bond donors (Lipinski definition) is 1. The van der Waals surface area contributed by atoms with Crippen LogP contribution >= 0.6 is 11.3 Å². The SMILES string of the molecule is Cc1cc(C(F)(F)F)nc(-c2ccnc3cc(CN4C(=O)C(C)C(C)(C)C4=O)sc23)c1C(=O)N1CC(N)C2(CC2)C1. The molecule has 3 fully saturated rings. The van der Waals surface area contributed by atoms with Gasteiger partial charge in [-0.1, -0.05) is 20.8 Å². The van der Waals surface area contributed by atoms with Crippen LogP contribution in [0.5, 0.6) is 0 Å². The van der Waals surface area contributed by atoms with Gasteiger partial charge in [0.05, 0.1) is 33.4 Å². The summed E-state index contributed by atoms with van der Waals surface area (Å²) in [6.07, 6.45) is -1.41. The van der Waals surface area contributed by atoms with Gasteiger partial charge in [-0.25, -0.2) is 4.98 Å². The molecule has 8 nitrogen and oxygen atoms in total. The van der Waals surface area contributed by atoms with Gasteiger partial charge in [-0.15, -0.1) is 11.3 Å². The van der Waals surface area contributed by atoms with E-state index in [1.54, 1.807) is 37.8 Å². The highest BCUT2D eigenvalue weighted by Gasteiger charge is 2.55. The predicted octanol–water partition coefficient (Wildman–Crippen LogP) is 4.78. The Morgan fingerprint density at radius 2 is 1.93 bits per heavy atom. The van der Waals surface area contributed by atoms with Crippen molar-refractivity contribution >= 4 is 39.3 Å². The number of carbonyl (C=O) groups is 3. The third-order valence-corrected chi connectivity index (χ3v) is 10.3. The predicted molar refractivity (Wildman–Crippen MR) is 147 cm³/mol. The number of imide groups is 1. The summed E-state index contributed by atoms with van der Waals surface area (Å²) in [5.74, 6) is -1.42. The molecule has 12 heteroatoms. The van der Waals surface area contributed by atoms with Crippen LogP contribution in [0.15, 0.2) is 24.4 Å². The molecule has 2 atom stereocenters. The van der Waals surface area contributed by atoms with Crippen LogP contribution in [0, 0.1) is 23.7 Å². The minimum atomic E-state index is -4.72. The van der Waals surface area contributed by atoms with Crippen molar-refractivity contribution in [1.29, 1.82) is 0 Å². The number of nitrogens with zero attached hydrogens (tertiary/aromatic N) is 4. The van der Waals surface area contributed by atoms with Crippen LogP contribution in [0.4, 0.5) is 13.2 Å². The number of pyridine rings is 2. The lowest BCUT2D eigenvalue weighted by Crippen LogP contribution is -2.33. The normalized spacial score (nSPS) is 23.3. The fourth-order valence-electron chi connectivity index (χ4n) is 6.01. The number of hydrogen-bond acceptors (Lipinski definition) is 7. The second kappa shape index (κ2) is 9.06. The number of fused-ring (bicyclic) bond motifs is 1. The zero-order chi connectivity index (χ0) is 29.6. The van der Waals surface area contributed by atoms with Gasteiger partial charge in [0.25, 0.3) is 5.91 Å². The first-order chi connectivity index (χ1) is 19.1. The Kier molecular flexibility index (Phi) is 6.14. The van der Waals surface area contributed by atoms with Crippen molar-refractivity contribution in [2.75, 3.05) is 13.1 Å². The van der Waals surface area contributed by atoms with Crippen LogP contribution in [0.2, 0.25) is 0 Å². The van der Waals surface area contributed by atoms with E-state index in [1.165, 1.54) is 29.4 Å². The summed E-state index contributed by atoms with van der Waals surface area (Å²) in [6.45, 7) is 7.52. The molecule has 1 aliphatic carbocycles. The van der Waals surface area contributed by atoms with Gasteiger partial charge in [0.15, 0.2) is 0 Å². The fraction of sp³-hybridized carbons (Fsp3) is 0.483. The molecule has 3 aliphatic rings. The number of likely N-dealkylation sites (tertiary alicyclic amines) is 2. The van der Waals surface area contributed by atoms with E-state index in [0.29, 0.717) is 33.7 Å². The number of aromatic nitrogens is 2. The van der Waals surface area contributed by atoms with Crippen LogP contribution in [0.25, 0.3) is 21.5 Å². The molecular formula is C29H30F3N5O3S. The first-order valence-corrected chi connectivity index (χ1v) is 14.3. The lowest BCUT2D eigenvalue weighted by molar-refractivity contribution is -0.142. The molecule has 1 saturated carbocycles. The van der Waals surface area contributed by atoms with E-state index >= 15 is 0 Å². The molecule has 2 aliphatic heterocycles. The fourth-order valence-corrected chi connectivity index (χ4v) is 7.13. The van der Waals surface area contributed by atoms with Crippen molar-refractivity contribution in [3.8, 4) is 11.3 Å². The van der Waals surface area contributed by atoms with Gasteiger partial charge in [0, 0.05) is 47.1 Å². The van der Waals surface area contributed by atoms with Crippen molar-refractivity contribution in [1.82, 2.24) is 19.8 Å². The molecule has 3 aromatic rings. The molecule has 216 valence electrons. The number of alkyl halides is 3. The zero-order valence-corrected chi connectivity index (χ0v) is 23.9. The first-order valence-electron chi connectivity index (χ1n) is 13.5. The van der Waals surface area contributed by atoms with E-state index in [0.717, 1.165) is 18.9 Å². The summed E-state index contributed by atoms with van der Waals surface area (Å²) in [4.78, 5) is 51.6. The van der Waals surface area contributed by atoms with E-state index in [-0.39, 0.29) is 46.6 Å². The second-order valence-corrected chi connectivity index (χ2v) is 13.3. The van der Waals surface area contributed by atoms with Gasteiger partial charge in [0.2, 0.25) is 11.8 Å². The van der Waals surface area contributed by atoms with E-state index in [9.17, 15) is 27.6 Å². The Bertz CT molecular complexity index is 1630. The third kappa shape index (κ3) is 4.34. The maximum atomic E-state index is 13.9. The number of carbonyl (C=O) groups excluding carboxylic acids is 3. The van der Waals surface area contributed by atoms with Crippen LogP contribution in [-0.2, 0) is 22.3 Å². The van der Waals surface area contributed by atoms with Gasteiger partial charge >= 0.3 is 6.18 Å². The van der Waals surface area contributed by atoms with E-state index in [2.05, 4.69) is 9.97 Å². The molecule has 6 rings (SSSR count). The monoisotopic (exact) mass is 585 g/mol. The summed E-state index contributed by atoms with van der Waals surface area (Å²) in [7, 11) is 0. The van der Waals surface area contributed by atoms with Crippen molar-refractivity contribution in [2.45, 2.75) is 59.3 Å². The van der Waals surface area contributed by atoms with Gasteiger partial charge in [-0.2, -0.15) is 13.2 Å². The van der Waals surface area contributed by atoms with Gasteiger partial charge in [-0.05, 0) is 43.5 Å². The minimum absolute atomic E-state index is 0.0283. The molecule has 2 saturated heterocycles. The molecule has 0 radical (unpaired) electrons. The smallest absolute Gasteiger partial charge is 0.336 e. The third-order valence-electron chi connectivity index (χ3n) is 9.16. The number of halogens is 3. The van der Waals surface area contributed by atoms with Crippen molar-refractivity contribution in [3.63, 3.8) is 0 Å². The first kappa shape index (κ1) is 27.8. The summed E-state index contributed by atoms with van der Waals surface area (Å²) >= 11 is 1.22. The molecule has 1 spiro atoms. The Balaban J connectivity index is 1.45. The van der Waals surface area contributed by atoms with Gasteiger partial charge < -0.3 is 10.6 Å². The number of thiophene rings is 1. The molecule has 3 amide bonds. The lowest BCUT2D eigenvalue weighted by atomic mass is 9.82. The highest BCUT2D eigenvalue weighted by atomic mass is 32.1. The van der Waals surface area contributed by atoms with Crippen LogP contribution in [0.1, 0.15) is 60.1 Å². The topological polar surface area (TPSA) is 109 Å². The lowest BCUT2D eigenvalue weighted by Gasteiger charge is -2.21. The second-order valence-electron chi connectivity index (χ2n) is 12.2. The maximum absolute atomic E-state index is 13.9. The average Bonchev–Trinajstić information content (AvgIpc) is 3.41. The van der Waals surface area contributed by atoms with Gasteiger partial charge in [-0.3, -0.25) is 24.3 Å². The molecule has 0 aromatic carbocycles. The molecule has 41 heavy (non-hydrogen) atoms. The van der Waals surface area contributed by atoms with Crippen molar-refractivity contribution in [3.05, 3.63) is 46.1 Å². The van der Waals surface area contributed by atoms with Crippen molar-refractivity contribution in [2.24, 2.45) is 22.5 Å². The van der Waals surface area contributed by atoms with Crippen LogP contribution in [-0.4, -0.2) is 56.6 Å². The summed E-state index contributed by atoms with van der Waals surface area (Å²) < 4.78 is 42.3. The largest absolute Gasteiger partial charge is 0.433 e. The molecule has 2 N–H and O–H groups in total. The number of aryl methyl sites for hydroxylation is 1. The van der Waals surface area contributed by atoms with Gasteiger partial charge in [0.1, 0.15) is 5.69 Å². The molecular weight excluding hydrogens is 555 g/mol. The van der Waals surface area contributed by atoms with E-state index in [4.69, 9.17) is 5.73 Å². The Hall–Kier alpha value is -3.38. The van der Waals surface area contributed by atoms with E-state index < -0.39 is 29.1 Å².